The Morgan fingerprint density at radius 1 is 0.875 bits per heavy atom. The van der Waals surface area contributed by atoms with Crippen molar-refractivity contribution in [3.8, 4) is 0 Å². The maximum atomic E-state index is 11.2. The van der Waals surface area contributed by atoms with E-state index in [1.807, 2.05) is 60.6 Å². The van der Waals surface area contributed by atoms with Crippen LogP contribution in [-0.4, -0.2) is 5.78 Å². The smallest absolute Gasteiger partial charge is 0.160 e. The van der Waals surface area contributed by atoms with Crippen LogP contribution in [0.25, 0.3) is 0 Å². The molecule has 0 aromatic heterocycles. The first-order valence-electron chi connectivity index (χ1n) is 6.11. The van der Waals surface area contributed by atoms with Crippen molar-refractivity contribution in [3.63, 3.8) is 0 Å². The standard InChI is InChI=1S/C11H14O.2C2H6/c1-7-5-8(2)11(10(4)12)9(3)6-7;2*1-2/h5-6H,1-4H3;2*1-2H3. The van der Waals surface area contributed by atoms with E-state index in [1.165, 1.54) is 5.56 Å². The molecule has 92 valence electrons. The van der Waals surface area contributed by atoms with Crippen LogP contribution < -0.4 is 0 Å². The van der Waals surface area contributed by atoms with Crippen molar-refractivity contribution >= 4 is 5.78 Å². The monoisotopic (exact) mass is 222 g/mol. The van der Waals surface area contributed by atoms with Crippen molar-refractivity contribution in [1.82, 2.24) is 0 Å². The Morgan fingerprint density at radius 3 is 1.44 bits per heavy atom. The Kier molecular flexibility index (Phi) is 9.88. The molecule has 0 aliphatic heterocycles. The Labute approximate surface area is 101 Å². The Balaban J connectivity index is 0. The highest BCUT2D eigenvalue weighted by Gasteiger charge is 2.07. The van der Waals surface area contributed by atoms with Gasteiger partial charge in [-0.3, -0.25) is 4.79 Å². The van der Waals surface area contributed by atoms with Crippen molar-refractivity contribution < 1.29 is 4.79 Å². The highest BCUT2D eigenvalue weighted by molar-refractivity contribution is 5.97. The fraction of sp³-hybridized carbons (Fsp3) is 0.533. The number of rotatable bonds is 1. The number of Topliss-reactive ketones (excluding diaryl/α,β-unsaturated/α-hetero) is 1. The van der Waals surface area contributed by atoms with Gasteiger partial charge in [0, 0.05) is 5.56 Å². The highest BCUT2D eigenvalue weighted by Crippen LogP contribution is 2.16. The molecule has 0 saturated carbocycles. The maximum Gasteiger partial charge on any atom is 0.160 e. The van der Waals surface area contributed by atoms with Crippen molar-refractivity contribution in [2.75, 3.05) is 0 Å². The van der Waals surface area contributed by atoms with Crippen LogP contribution in [0.3, 0.4) is 0 Å². The van der Waals surface area contributed by atoms with Crippen molar-refractivity contribution in [2.45, 2.75) is 55.4 Å². The van der Waals surface area contributed by atoms with E-state index in [0.29, 0.717) is 0 Å². The minimum atomic E-state index is 0.157. The molecular weight excluding hydrogens is 196 g/mol. The molecule has 0 fully saturated rings. The molecule has 16 heavy (non-hydrogen) atoms. The van der Waals surface area contributed by atoms with Gasteiger partial charge in [-0.2, -0.15) is 0 Å². The summed E-state index contributed by atoms with van der Waals surface area (Å²) in [6, 6.07) is 4.09. The average molecular weight is 222 g/mol. The second-order valence-corrected chi connectivity index (χ2v) is 3.33. The van der Waals surface area contributed by atoms with E-state index in [0.717, 1.165) is 16.7 Å². The predicted molar refractivity (Wildman–Crippen MR) is 73.4 cm³/mol. The van der Waals surface area contributed by atoms with E-state index in [1.54, 1.807) is 6.92 Å². The van der Waals surface area contributed by atoms with Crippen LogP contribution >= 0.6 is 0 Å². The molecule has 0 aliphatic carbocycles. The number of carbonyl (C=O) groups is 1. The van der Waals surface area contributed by atoms with Crippen LogP contribution in [-0.2, 0) is 0 Å². The van der Waals surface area contributed by atoms with Crippen molar-refractivity contribution in [3.05, 3.63) is 34.4 Å². The lowest BCUT2D eigenvalue weighted by Crippen LogP contribution is -2.00. The number of carbonyl (C=O) groups excluding carboxylic acids is 1. The van der Waals surface area contributed by atoms with Crippen LogP contribution in [0.15, 0.2) is 12.1 Å². The minimum absolute atomic E-state index is 0.157. The van der Waals surface area contributed by atoms with Crippen LogP contribution in [0.2, 0.25) is 0 Å². The van der Waals surface area contributed by atoms with Gasteiger partial charge in [0.25, 0.3) is 0 Å². The third-order valence-corrected chi connectivity index (χ3v) is 2.03. The third-order valence-electron chi connectivity index (χ3n) is 2.03. The van der Waals surface area contributed by atoms with Crippen LogP contribution in [0.1, 0.15) is 61.7 Å². The Hall–Kier alpha value is -1.11. The fourth-order valence-corrected chi connectivity index (χ4v) is 1.74. The van der Waals surface area contributed by atoms with E-state index in [9.17, 15) is 4.79 Å². The number of hydrogen-bond donors (Lipinski definition) is 0. The van der Waals surface area contributed by atoms with Gasteiger partial charge in [0.1, 0.15) is 0 Å². The summed E-state index contributed by atoms with van der Waals surface area (Å²) >= 11 is 0. The molecule has 0 spiro atoms. The summed E-state index contributed by atoms with van der Waals surface area (Å²) in [7, 11) is 0. The van der Waals surface area contributed by atoms with Gasteiger partial charge in [-0.1, -0.05) is 45.4 Å². The Bertz CT molecular complexity index is 301. The summed E-state index contributed by atoms with van der Waals surface area (Å²) in [5.74, 6) is 0.157. The molecule has 1 heteroatoms. The van der Waals surface area contributed by atoms with Crippen molar-refractivity contribution in [1.29, 1.82) is 0 Å². The zero-order valence-electron chi connectivity index (χ0n) is 12.1. The van der Waals surface area contributed by atoms with E-state index < -0.39 is 0 Å². The molecule has 1 rings (SSSR count). The van der Waals surface area contributed by atoms with E-state index in [4.69, 9.17) is 0 Å². The zero-order valence-corrected chi connectivity index (χ0v) is 12.1. The number of ketones is 1. The molecule has 0 amide bonds. The average Bonchev–Trinajstić information content (AvgIpc) is 2.21. The van der Waals surface area contributed by atoms with E-state index in [-0.39, 0.29) is 5.78 Å². The molecule has 0 N–H and O–H groups in total. The SMILES string of the molecule is CC.CC.CC(=O)c1c(C)cc(C)cc1C. The number of benzene rings is 1. The lowest BCUT2D eigenvalue weighted by atomic mass is 9.97. The summed E-state index contributed by atoms with van der Waals surface area (Å²) in [6.45, 7) is 15.6. The first kappa shape index (κ1) is 17.3. The molecule has 0 bridgehead atoms. The summed E-state index contributed by atoms with van der Waals surface area (Å²) in [5, 5.41) is 0. The van der Waals surface area contributed by atoms with Crippen LogP contribution in [0, 0.1) is 20.8 Å². The lowest BCUT2D eigenvalue weighted by Gasteiger charge is -2.07. The molecule has 1 aromatic carbocycles. The Morgan fingerprint density at radius 2 is 1.19 bits per heavy atom. The summed E-state index contributed by atoms with van der Waals surface area (Å²) in [6.07, 6.45) is 0. The third kappa shape index (κ3) is 5.11. The molecule has 1 nitrogen and oxygen atoms in total. The maximum absolute atomic E-state index is 11.2. The largest absolute Gasteiger partial charge is 0.294 e. The molecule has 0 unspecified atom stereocenters. The van der Waals surface area contributed by atoms with Gasteiger partial charge >= 0.3 is 0 Å². The number of aryl methyl sites for hydroxylation is 3. The summed E-state index contributed by atoms with van der Waals surface area (Å²) < 4.78 is 0. The lowest BCUT2D eigenvalue weighted by molar-refractivity contribution is 0.101. The highest BCUT2D eigenvalue weighted by atomic mass is 16.1. The van der Waals surface area contributed by atoms with E-state index >= 15 is 0 Å². The topological polar surface area (TPSA) is 17.1 Å². The zero-order chi connectivity index (χ0) is 13.3. The minimum Gasteiger partial charge on any atom is -0.294 e. The second-order valence-electron chi connectivity index (χ2n) is 3.33. The first-order valence-corrected chi connectivity index (χ1v) is 6.11. The quantitative estimate of drug-likeness (QED) is 0.620. The predicted octanol–water partition coefficient (Wildman–Crippen LogP) is 4.87. The van der Waals surface area contributed by atoms with Crippen LogP contribution in [0.5, 0.6) is 0 Å². The molecule has 0 radical (unpaired) electrons. The van der Waals surface area contributed by atoms with Crippen LogP contribution in [0.4, 0.5) is 0 Å². The van der Waals surface area contributed by atoms with Gasteiger partial charge in [-0.05, 0) is 38.8 Å². The fourth-order valence-electron chi connectivity index (χ4n) is 1.74. The van der Waals surface area contributed by atoms with Gasteiger partial charge in [-0.25, -0.2) is 0 Å². The van der Waals surface area contributed by atoms with Crippen molar-refractivity contribution in [2.24, 2.45) is 0 Å². The normalized spacial score (nSPS) is 8.25. The molecule has 1 aromatic rings. The molecular formula is C15H26O. The molecule has 0 aliphatic rings. The van der Waals surface area contributed by atoms with E-state index in [2.05, 4.69) is 0 Å². The molecule has 0 heterocycles. The van der Waals surface area contributed by atoms with Gasteiger partial charge in [0.15, 0.2) is 5.78 Å². The number of hydrogen-bond acceptors (Lipinski definition) is 1. The first-order chi connectivity index (χ1) is 7.52. The molecule has 0 atom stereocenters. The summed E-state index contributed by atoms with van der Waals surface area (Å²) in [4.78, 5) is 11.2. The summed E-state index contributed by atoms with van der Waals surface area (Å²) in [5.41, 5.74) is 4.26. The van der Waals surface area contributed by atoms with Gasteiger partial charge < -0.3 is 0 Å². The second kappa shape index (κ2) is 9.14. The molecule has 0 saturated heterocycles. The van der Waals surface area contributed by atoms with Gasteiger partial charge in [0.2, 0.25) is 0 Å². The van der Waals surface area contributed by atoms with Gasteiger partial charge in [0.05, 0.1) is 0 Å². The van der Waals surface area contributed by atoms with Gasteiger partial charge in [-0.15, -0.1) is 0 Å².